The van der Waals surface area contributed by atoms with Crippen LogP contribution in [0.15, 0.2) is 36.4 Å². The minimum Gasteiger partial charge on any atom is -0.477 e. The van der Waals surface area contributed by atoms with E-state index in [0.717, 1.165) is 29.0 Å². The van der Waals surface area contributed by atoms with Crippen LogP contribution in [-0.2, 0) is 6.54 Å². The Hall–Kier alpha value is -2.66. The zero-order chi connectivity index (χ0) is 19.1. The Balaban J connectivity index is 1.45. The smallest absolute Gasteiger partial charge is 0.231 e. The summed E-state index contributed by atoms with van der Waals surface area (Å²) in [6.07, 6.45) is 11.6. The molecule has 0 amide bonds. The van der Waals surface area contributed by atoms with Gasteiger partial charge in [0.05, 0.1) is 5.56 Å². The minimum atomic E-state index is -0.0699. The molecular formula is C23H24N2O3. The fourth-order valence-electron chi connectivity index (χ4n) is 4.56. The van der Waals surface area contributed by atoms with Crippen LogP contribution in [-0.4, -0.2) is 28.4 Å². The van der Waals surface area contributed by atoms with Gasteiger partial charge in [-0.25, -0.2) is 0 Å². The van der Waals surface area contributed by atoms with Gasteiger partial charge in [-0.3, -0.25) is 14.7 Å². The van der Waals surface area contributed by atoms with Crippen molar-refractivity contribution in [2.75, 3.05) is 6.73 Å². The van der Waals surface area contributed by atoms with Gasteiger partial charge >= 0.3 is 0 Å². The monoisotopic (exact) mass is 376 g/mol. The molecule has 0 saturated heterocycles. The fourth-order valence-corrected chi connectivity index (χ4v) is 4.56. The number of hydrogen-bond acceptors (Lipinski definition) is 5. The van der Waals surface area contributed by atoms with E-state index in [1.165, 1.54) is 32.1 Å². The molecular weight excluding hydrogens is 352 g/mol. The number of carbonyl (C=O) groups is 1. The predicted octanol–water partition coefficient (Wildman–Crippen LogP) is 4.49. The second kappa shape index (κ2) is 7.06. The van der Waals surface area contributed by atoms with Gasteiger partial charge in [0.25, 0.3) is 0 Å². The molecule has 1 aromatic heterocycles. The molecule has 5 heteroatoms. The number of fused-ring (bicyclic) bond motifs is 2. The molecule has 3 aliphatic rings. The molecule has 1 aromatic carbocycles. The molecule has 1 saturated carbocycles. The Morgan fingerprint density at radius 1 is 1.21 bits per heavy atom. The molecule has 3 heterocycles. The first-order chi connectivity index (χ1) is 13.7. The standard InChI is InChI=1S/C23H24N2O3/c1-15-22-17(13-25(14-27-22)18-7-3-2-4-8-18)11-19-21(26)20(28-23(15)19)10-16-6-5-9-24-12-16/h5-6,9-12,18H,2-4,7-8,13-14H2,1H3/b20-10-. The molecule has 2 aliphatic heterocycles. The number of allylic oxidation sites excluding steroid dienone is 1. The summed E-state index contributed by atoms with van der Waals surface area (Å²) in [4.78, 5) is 19.5. The predicted molar refractivity (Wildman–Crippen MR) is 106 cm³/mol. The Labute approximate surface area is 165 Å². The van der Waals surface area contributed by atoms with E-state index >= 15 is 0 Å². The third-order valence-corrected chi connectivity index (χ3v) is 6.04. The van der Waals surface area contributed by atoms with Gasteiger partial charge in [0, 0.05) is 36.1 Å². The highest BCUT2D eigenvalue weighted by atomic mass is 16.5. The van der Waals surface area contributed by atoms with Crippen molar-refractivity contribution in [3.05, 3.63) is 58.6 Å². The summed E-state index contributed by atoms with van der Waals surface area (Å²) in [5, 5.41) is 0. The third kappa shape index (κ3) is 3.00. The average Bonchev–Trinajstić information content (AvgIpc) is 3.05. The van der Waals surface area contributed by atoms with Crippen LogP contribution in [0.25, 0.3) is 6.08 Å². The van der Waals surface area contributed by atoms with Crippen LogP contribution >= 0.6 is 0 Å². The van der Waals surface area contributed by atoms with Crippen molar-refractivity contribution < 1.29 is 14.3 Å². The van der Waals surface area contributed by atoms with Crippen LogP contribution < -0.4 is 9.47 Å². The molecule has 0 unspecified atom stereocenters. The normalized spacial score (nSPS) is 21.2. The highest BCUT2D eigenvalue weighted by molar-refractivity contribution is 6.15. The summed E-state index contributed by atoms with van der Waals surface area (Å²) in [6, 6.07) is 6.31. The molecule has 0 N–H and O–H groups in total. The lowest BCUT2D eigenvalue weighted by atomic mass is 9.93. The number of benzene rings is 1. The van der Waals surface area contributed by atoms with Crippen LogP contribution in [0.4, 0.5) is 0 Å². The van der Waals surface area contributed by atoms with E-state index in [-0.39, 0.29) is 5.78 Å². The number of aromatic nitrogens is 1. The third-order valence-electron chi connectivity index (χ3n) is 6.04. The first-order valence-corrected chi connectivity index (χ1v) is 10.1. The van der Waals surface area contributed by atoms with Gasteiger partial charge in [-0.15, -0.1) is 0 Å². The maximum absolute atomic E-state index is 13.0. The first kappa shape index (κ1) is 17.4. The molecule has 144 valence electrons. The lowest BCUT2D eigenvalue weighted by Crippen LogP contribution is -2.41. The number of ketones is 1. The zero-order valence-corrected chi connectivity index (χ0v) is 16.1. The first-order valence-electron chi connectivity index (χ1n) is 10.1. The average molecular weight is 376 g/mol. The molecule has 1 aliphatic carbocycles. The van der Waals surface area contributed by atoms with Gasteiger partial charge in [-0.1, -0.05) is 25.3 Å². The van der Waals surface area contributed by atoms with Gasteiger partial charge in [-0.05, 0) is 43.5 Å². The van der Waals surface area contributed by atoms with Crippen LogP contribution in [0.3, 0.4) is 0 Å². The van der Waals surface area contributed by atoms with E-state index in [4.69, 9.17) is 9.47 Å². The number of hydrogen-bond donors (Lipinski definition) is 0. The molecule has 1 fully saturated rings. The molecule has 5 nitrogen and oxygen atoms in total. The van der Waals surface area contributed by atoms with Crippen LogP contribution in [0.5, 0.6) is 11.5 Å². The lowest BCUT2D eigenvalue weighted by molar-refractivity contribution is 0.0397. The molecule has 2 aromatic rings. The number of pyridine rings is 1. The number of nitrogens with zero attached hydrogens (tertiary/aromatic N) is 2. The van der Waals surface area contributed by atoms with Crippen LogP contribution in [0.1, 0.15) is 59.2 Å². The molecule has 5 rings (SSSR count). The van der Waals surface area contributed by atoms with E-state index in [9.17, 15) is 4.79 Å². The van der Waals surface area contributed by atoms with E-state index in [0.29, 0.717) is 29.8 Å². The maximum atomic E-state index is 13.0. The fraction of sp³-hybridized carbons (Fsp3) is 0.391. The second-order valence-electron chi connectivity index (χ2n) is 7.90. The quantitative estimate of drug-likeness (QED) is 0.723. The summed E-state index contributed by atoms with van der Waals surface area (Å²) in [6.45, 7) is 3.43. The number of ether oxygens (including phenoxy) is 2. The van der Waals surface area contributed by atoms with E-state index in [2.05, 4.69) is 9.88 Å². The Morgan fingerprint density at radius 3 is 2.86 bits per heavy atom. The minimum absolute atomic E-state index is 0.0699. The lowest BCUT2D eigenvalue weighted by Gasteiger charge is -2.37. The molecule has 0 bridgehead atoms. The van der Waals surface area contributed by atoms with Crippen LogP contribution in [0, 0.1) is 6.92 Å². The van der Waals surface area contributed by atoms with Crippen molar-refractivity contribution in [3.63, 3.8) is 0 Å². The SMILES string of the molecule is Cc1c2c(cc3c1O/C(=C\c1cccnc1)C3=O)CN(C1CCCCC1)CO2. The van der Waals surface area contributed by atoms with E-state index in [1.807, 2.05) is 25.1 Å². The van der Waals surface area contributed by atoms with Gasteiger partial charge < -0.3 is 9.47 Å². The van der Waals surface area contributed by atoms with Gasteiger partial charge in [-0.2, -0.15) is 0 Å². The number of Topliss-reactive ketones (excluding diaryl/α,β-unsaturated/α-hetero) is 1. The van der Waals surface area contributed by atoms with Crippen molar-refractivity contribution >= 4 is 11.9 Å². The molecule has 28 heavy (non-hydrogen) atoms. The molecule has 0 spiro atoms. The van der Waals surface area contributed by atoms with E-state index in [1.54, 1.807) is 18.5 Å². The Bertz CT molecular complexity index is 946. The highest BCUT2D eigenvalue weighted by Gasteiger charge is 2.34. The number of rotatable bonds is 2. The van der Waals surface area contributed by atoms with Gasteiger partial charge in [0.1, 0.15) is 18.2 Å². The summed E-state index contributed by atoms with van der Waals surface area (Å²) in [5.74, 6) is 1.78. The largest absolute Gasteiger partial charge is 0.477 e. The highest BCUT2D eigenvalue weighted by Crippen LogP contribution is 2.43. The van der Waals surface area contributed by atoms with Crippen molar-refractivity contribution in [1.82, 2.24) is 9.88 Å². The van der Waals surface area contributed by atoms with Crippen molar-refractivity contribution in [3.8, 4) is 11.5 Å². The topological polar surface area (TPSA) is 51.7 Å². The summed E-state index contributed by atoms with van der Waals surface area (Å²) in [7, 11) is 0. The number of carbonyl (C=O) groups excluding carboxylic acids is 1. The van der Waals surface area contributed by atoms with Gasteiger partial charge in [0.2, 0.25) is 5.78 Å². The second-order valence-corrected chi connectivity index (χ2v) is 7.90. The van der Waals surface area contributed by atoms with Crippen molar-refractivity contribution in [2.24, 2.45) is 0 Å². The molecule has 0 radical (unpaired) electrons. The van der Waals surface area contributed by atoms with Crippen molar-refractivity contribution in [1.29, 1.82) is 0 Å². The summed E-state index contributed by atoms with van der Waals surface area (Å²) < 4.78 is 12.1. The Kier molecular flexibility index (Phi) is 4.40. The van der Waals surface area contributed by atoms with E-state index < -0.39 is 0 Å². The van der Waals surface area contributed by atoms with Crippen molar-refractivity contribution in [2.45, 2.75) is 51.6 Å². The van der Waals surface area contributed by atoms with Gasteiger partial charge in [0.15, 0.2) is 5.76 Å². The summed E-state index contributed by atoms with van der Waals surface area (Å²) in [5.41, 5.74) is 3.49. The maximum Gasteiger partial charge on any atom is 0.231 e. The summed E-state index contributed by atoms with van der Waals surface area (Å²) >= 11 is 0. The Morgan fingerprint density at radius 2 is 2.07 bits per heavy atom. The molecule has 0 atom stereocenters. The van der Waals surface area contributed by atoms with Crippen LogP contribution in [0.2, 0.25) is 0 Å². The zero-order valence-electron chi connectivity index (χ0n) is 16.1.